The smallest absolute Gasteiger partial charge is 0.264 e. The maximum absolute atomic E-state index is 13.4. The number of nitrogens with zero attached hydrogens (tertiary/aromatic N) is 1. The van der Waals surface area contributed by atoms with Gasteiger partial charge in [0.15, 0.2) is 0 Å². The normalized spacial score (nSPS) is 11.1. The summed E-state index contributed by atoms with van der Waals surface area (Å²) in [6, 6.07) is 22.2. The molecular weight excluding hydrogens is 468 g/mol. The van der Waals surface area contributed by atoms with Gasteiger partial charge >= 0.3 is 0 Å². The summed E-state index contributed by atoms with van der Waals surface area (Å²) < 4.78 is 32.9. The highest BCUT2D eigenvalue weighted by Gasteiger charge is 2.27. The molecule has 0 bridgehead atoms. The number of anilines is 1. The SMILES string of the molecule is COc1ccc(S(=O)(=O)N(CC(=O)NCCSc2ccccc2)c2cccc(Cl)c2)cc1. The molecule has 0 aliphatic heterocycles. The first-order valence-electron chi connectivity index (χ1n) is 9.77. The van der Waals surface area contributed by atoms with E-state index in [9.17, 15) is 13.2 Å². The van der Waals surface area contributed by atoms with Crippen LogP contribution in [0.15, 0.2) is 88.7 Å². The molecule has 0 atom stereocenters. The molecular formula is C23H23ClN2O4S2. The fraction of sp³-hybridized carbons (Fsp3) is 0.174. The van der Waals surface area contributed by atoms with Crippen molar-refractivity contribution in [1.29, 1.82) is 0 Å². The third-order valence-electron chi connectivity index (χ3n) is 4.47. The van der Waals surface area contributed by atoms with E-state index in [0.29, 0.717) is 28.8 Å². The van der Waals surface area contributed by atoms with Crippen molar-refractivity contribution in [3.8, 4) is 5.75 Å². The van der Waals surface area contributed by atoms with Crippen molar-refractivity contribution in [2.24, 2.45) is 0 Å². The largest absolute Gasteiger partial charge is 0.497 e. The first kappa shape index (κ1) is 24.0. The number of sulfonamides is 1. The number of amides is 1. The lowest BCUT2D eigenvalue weighted by Crippen LogP contribution is -2.41. The number of hydrogen-bond donors (Lipinski definition) is 1. The summed E-state index contributed by atoms with van der Waals surface area (Å²) in [5, 5.41) is 3.16. The molecule has 0 aliphatic rings. The molecule has 0 saturated carbocycles. The summed E-state index contributed by atoms with van der Waals surface area (Å²) in [6.07, 6.45) is 0. The Balaban J connectivity index is 1.73. The molecule has 0 fully saturated rings. The van der Waals surface area contributed by atoms with Gasteiger partial charge in [-0.1, -0.05) is 35.9 Å². The number of halogens is 1. The van der Waals surface area contributed by atoms with Crippen molar-refractivity contribution in [2.75, 3.05) is 30.3 Å². The minimum Gasteiger partial charge on any atom is -0.497 e. The average molecular weight is 491 g/mol. The molecule has 9 heteroatoms. The van der Waals surface area contributed by atoms with Crippen LogP contribution in [-0.2, 0) is 14.8 Å². The van der Waals surface area contributed by atoms with Crippen LogP contribution in [0, 0.1) is 0 Å². The van der Waals surface area contributed by atoms with Gasteiger partial charge in [0.25, 0.3) is 10.0 Å². The molecule has 0 heterocycles. The maximum Gasteiger partial charge on any atom is 0.264 e. The molecule has 3 aromatic carbocycles. The Labute approximate surface area is 197 Å². The Bertz CT molecular complexity index is 1140. The van der Waals surface area contributed by atoms with Crippen molar-refractivity contribution in [2.45, 2.75) is 9.79 Å². The van der Waals surface area contributed by atoms with Crippen LogP contribution in [0.3, 0.4) is 0 Å². The number of benzene rings is 3. The minimum atomic E-state index is -4.01. The quantitative estimate of drug-likeness (QED) is 0.335. The molecule has 32 heavy (non-hydrogen) atoms. The highest BCUT2D eigenvalue weighted by atomic mass is 35.5. The van der Waals surface area contributed by atoms with E-state index in [1.807, 2.05) is 30.3 Å². The number of nitrogens with one attached hydrogen (secondary N) is 1. The van der Waals surface area contributed by atoms with Gasteiger partial charge in [0.1, 0.15) is 12.3 Å². The van der Waals surface area contributed by atoms with E-state index in [4.69, 9.17) is 16.3 Å². The van der Waals surface area contributed by atoms with Crippen LogP contribution < -0.4 is 14.4 Å². The number of carbonyl (C=O) groups excluding carboxylic acids is 1. The molecule has 3 rings (SSSR count). The van der Waals surface area contributed by atoms with Crippen LogP contribution in [0.25, 0.3) is 0 Å². The van der Waals surface area contributed by atoms with Gasteiger partial charge in [0.2, 0.25) is 5.91 Å². The minimum absolute atomic E-state index is 0.0470. The van der Waals surface area contributed by atoms with Crippen molar-refractivity contribution in [1.82, 2.24) is 5.32 Å². The fourth-order valence-electron chi connectivity index (χ4n) is 2.88. The molecule has 168 valence electrons. The Hall–Kier alpha value is -2.68. The van der Waals surface area contributed by atoms with E-state index in [-0.39, 0.29) is 11.4 Å². The van der Waals surface area contributed by atoms with Gasteiger partial charge in [0.05, 0.1) is 17.7 Å². The Morgan fingerprint density at radius 3 is 2.41 bits per heavy atom. The molecule has 0 radical (unpaired) electrons. The summed E-state index contributed by atoms with van der Waals surface area (Å²) in [5.41, 5.74) is 0.308. The van der Waals surface area contributed by atoms with Gasteiger partial charge in [-0.25, -0.2) is 8.42 Å². The molecule has 1 N–H and O–H groups in total. The molecule has 0 unspecified atom stereocenters. The molecule has 0 aliphatic carbocycles. The summed E-state index contributed by atoms with van der Waals surface area (Å²) >= 11 is 7.69. The summed E-state index contributed by atoms with van der Waals surface area (Å²) in [6.45, 7) is 0.0368. The van der Waals surface area contributed by atoms with E-state index in [0.717, 1.165) is 9.20 Å². The van der Waals surface area contributed by atoms with Gasteiger partial charge in [-0.05, 0) is 54.6 Å². The van der Waals surface area contributed by atoms with Gasteiger partial charge in [-0.15, -0.1) is 11.8 Å². The Morgan fingerprint density at radius 1 is 1.03 bits per heavy atom. The number of hydrogen-bond acceptors (Lipinski definition) is 5. The van der Waals surface area contributed by atoms with E-state index in [2.05, 4.69) is 5.32 Å². The van der Waals surface area contributed by atoms with E-state index < -0.39 is 15.9 Å². The highest BCUT2D eigenvalue weighted by molar-refractivity contribution is 7.99. The third kappa shape index (κ3) is 6.41. The highest BCUT2D eigenvalue weighted by Crippen LogP contribution is 2.27. The van der Waals surface area contributed by atoms with E-state index in [1.54, 1.807) is 42.1 Å². The number of rotatable bonds is 10. The zero-order valence-electron chi connectivity index (χ0n) is 17.4. The van der Waals surface area contributed by atoms with Crippen LogP contribution in [0.2, 0.25) is 5.02 Å². The maximum atomic E-state index is 13.4. The van der Waals surface area contributed by atoms with E-state index in [1.165, 1.54) is 25.3 Å². The van der Waals surface area contributed by atoms with Crippen molar-refractivity contribution in [3.63, 3.8) is 0 Å². The van der Waals surface area contributed by atoms with Crippen LogP contribution in [0.1, 0.15) is 0 Å². The molecule has 0 aromatic heterocycles. The first-order valence-corrected chi connectivity index (χ1v) is 12.6. The summed E-state index contributed by atoms with van der Waals surface area (Å²) in [5.74, 6) is 0.792. The lowest BCUT2D eigenvalue weighted by molar-refractivity contribution is -0.119. The molecule has 0 saturated heterocycles. The van der Waals surface area contributed by atoms with Gasteiger partial charge in [-0.3, -0.25) is 9.10 Å². The van der Waals surface area contributed by atoms with Gasteiger partial charge < -0.3 is 10.1 Å². The lowest BCUT2D eigenvalue weighted by atomic mass is 10.3. The number of methoxy groups -OCH3 is 1. The first-order chi connectivity index (χ1) is 15.4. The van der Waals surface area contributed by atoms with E-state index >= 15 is 0 Å². The zero-order chi connectivity index (χ0) is 23.0. The van der Waals surface area contributed by atoms with Crippen molar-refractivity contribution in [3.05, 3.63) is 83.9 Å². The molecule has 6 nitrogen and oxygen atoms in total. The number of carbonyl (C=O) groups is 1. The Kier molecular flexibility index (Phi) is 8.44. The van der Waals surface area contributed by atoms with Gasteiger partial charge in [0, 0.05) is 22.2 Å². The Morgan fingerprint density at radius 2 is 1.75 bits per heavy atom. The van der Waals surface area contributed by atoms with Crippen molar-refractivity contribution >= 4 is 45.0 Å². The second-order valence-corrected chi connectivity index (χ2v) is 10.1. The second-order valence-electron chi connectivity index (χ2n) is 6.68. The monoisotopic (exact) mass is 490 g/mol. The topological polar surface area (TPSA) is 75.7 Å². The molecule has 3 aromatic rings. The van der Waals surface area contributed by atoms with Crippen LogP contribution in [0.4, 0.5) is 5.69 Å². The second kappa shape index (κ2) is 11.3. The number of ether oxygens (including phenoxy) is 1. The summed E-state index contributed by atoms with van der Waals surface area (Å²) in [4.78, 5) is 13.8. The van der Waals surface area contributed by atoms with Gasteiger partial charge in [-0.2, -0.15) is 0 Å². The van der Waals surface area contributed by atoms with Crippen molar-refractivity contribution < 1.29 is 17.9 Å². The fourth-order valence-corrected chi connectivity index (χ4v) is 5.27. The zero-order valence-corrected chi connectivity index (χ0v) is 19.8. The molecule has 1 amide bonds. The lowest BCUT2D eigenvalue weighted by Gasteiger charge is -2.24. The predicted molar refractivity (Wildman–Crippen MR) is 129 cm³/mol. The third-order valence-corrected chi connectivity index (χ3v) is 7.50. The predicted octanol–water partition coefficient (Wildman–Crippen LogP) is 4.45. The average Bonchev–Trinajstić information content (AvgIpc) is 2.81. The van der Waals surface area contributed by atoms with Crippen LogP contribution >= 0.6 is 23.4 Å². The summed E-state index contributed by atoms with van der Waals surface area (Å²) in [7, 11) is -2.51. The number of thioether (sulfide) groups is 1. The van der Waals surface area contributed by atoms with Crippen LogP contribution in [-0.4, -0.2) is 40.3 Å². The van der Waals surface area contributed by atoms with Crippen LogP contribution in [0.5, 0.6) is 5.75 Å². The molecule has 0 spiro atoms. The standard InChI is InChI=1S/C23H23ClN2O4S2/c1-30-20-10-12-22(13-11-20)32(28,29)26(19-7-5-6-18(24)16-19)17-23(27)25-14-15-31-21-8-3-2-4-9-21/h2-13,16H,14-15,17H2,1H3,(H,25,27).